The standard InChI is InChI=1S/C24H34N2S/c1-3-4-16-24(2)17-6-5-7-23(24)26-21-12-14-22(15-13-21)27-18-19-8-10-20(25)11-9-19/h8-15,23,26H,3-7,16-18,25H2,1-2H3. The molecule has 3 heteroatoms. The first-order chi connectivity index (χ1) is 13.1. The zero-order valence-corrected chi connectivity index (χ0v) is 17.7. The lowest BCUT2D eigenvalue weighted by Gasteiger charge is -2.42. The smallest absolute Gasteiger partial charge is 0.0343 e. The molecule has 0 aliphatic heterocycles. The molecule has 0 heterocycles. The van der Waals surface area contributed by atoms with Crippen LogP contribution in [0.2, 0.25) is 0 Å². The summed E-state index contributed by atoms with van der Waals surface area (Å²) in [5, 5.41) is 3.86. The van der Waals surface area contributed by atoms with Crippen LogP contribution < -0.4 is 11.1 Å². The highest BCUT2D eigenvalue weighted by Crippen LogP contribution is 2.42. The number of benzene rings is 2. The van der Waals surface area contributed by atoms with Gasteiger partial charge in [0.05, 0.1) is 0 Å². The van der Waals surface area contributed by atoms with Crippen LogP contribution in [0, 0.1) is 5.41 Å². The zero-order chi connectivity index (χ0) is 19.1. The highest BCUT2D eigenvalue weighted by Gasteiger charge is 2.35. The van der Waals surface area contributed by atoms with Crippen molar-refractivity contribution >= 4 is 23.1 Å². The van der Waals surface area contributed by atoms with Crippen LogP contribution in [-0.4, -0.2) is 6.04 Å². The van der Waals surface area contributed by atoms with Gasteiger partial charge in [-0.3, -0.25) is 0 Å². The Morgan fingerprint density at radius 1 is 1.07 bits per heavy atom. The molecular weight excluding hydrogens is 348 g/mol. The Balaban J connectivity index is 1.56. The lowest BCUT2D eigenvalue weighted by Crippen LogP contribution is -2.41. The number of hydrogen-bond acceptors (Lipinski definition) is 3. The lowest BCUT2D eigenvalue weighted by atomic mass is 9.69. The van der Waals surface area contributed by atoms with Crippen molar-refractivity contribution in [3.05, 3.63) is 54.1 Å². The van der Waals surface area contributed by atoms with Gasteiger partial charge in [0.15, 0.2) is 0 Å². The Kier molecular flexibility index (Phi) is 7.12. The summed E-state index contributed by atoms with van der Waals surface area (Å²) in [6.07, 6.45) is 9.39. The number of nitrogens with one attached hydrogen (secondary N) is 1. The molecule has 146 valence electrons. The summed E-state index contributed by atoms with van der Waals surface area (Å²) in [6, 6.07) is 17.8. The molecular formula is C24H34N2S. The van der Waals surface area contributed by atoms with Gasteiger partial charge < -0.3 is 11.1 Å². The van der Waals surface area contributed by atoms with Crippen molar-refractivity contribution in [2.45, 2.75) is 75.5 Å². The Morgan fingerprint density at radius 2 is 1.81 bits per heavy atom. The molecule has 2 aromatic rings. The van der Waals surface area contributed by atoms with Crippen molar-refractivity contribution in [2.75, 3.05) is 11.1 Å². The molecule has 1 fully saturated rings. The molecule has 3 N–H and O–H groups in total. The molecule has 1 aliphatic carbocycles. The number of nitrogen functional groups attached to an aromatic ring is 1. The maximum atomic E-state index is 5.76. The number of rotatable bonds is 8. The number of anilines is 2. The summed E-state index contributed by atoms with van der Waals surface area (Å²) >= 11 is 1.88. The summed E-state index contributed by atoms with van der Waals surface area (Å²) in [6.45, 7) is 4.80. The minimum atomic E-state index is 0.441. The van der Waals surface area contributed by atoms with Gasteiger partial charge in [-0.1, -0.05) is 51.7 Å². The Hall–Kier alpha value is -1.61. The second kappa shape index (κ2) is 9.54. The normalized spacial score (nSPS) is 22.5. The Labute approximate surface area is 169 Å². The molecule has 1 saturated carbocycles. The summed E-state index contributed by atoms with van der Waals surface area (Å²) in [5.74, 6) is 0.977. The Morgan fingerprint density at radius 3 is 2.52 bits per heavy atom. The summed E-state index contributed by atoms with van der Waals surface area (Å²) in [4.78, 5) is 1.31. The molecule has 2 nitrogen and oxygen atoms in total. The van der Waals surface area contributed by atoms with Gasteiger partial charge in [-0.05, 0) is 66.6 Å². The highest BCUT2D eigenvalue weighted by molar-refractivity contribution is 7.98. The van der Waals surface area contributed by atoms with Crippen molar-refractivity contribution in [3.8, 4) is 0 Å². The molecule has 0 bridgehead atoms. The molecule has 2 aromatic carbocycles. The fraction of sp³-hybridized carbons (Fsp3) is 0.500. The lowest BCUT2D eigenvalue weighted by molar-refractivity contribution is 0.171. The predicted octanol–water partition coefficient (Wildman–Crippen LogP) is 7.11. The van der Waals surface area contributed by atoms with E-state index in [9.17, 15) is 0 Å². The summed E-state index contributed by atoms with van der Waals surface area (Å²) in [5.41, 5.74) is 9.60. The monoisotopic (exact) mass is 382 g/mol. The van der Waals surface area contributed by atoms with Crippen LogP contribution in [0.3, 0.4) is 0 Å². The van der Waals surface area contributed by atoms with Gasteiger partial charge >= 0.3 is 0 Å². The first-order valence-electron chi connectivity index (χ1n) is 10.4. The van der Waals surface area contributed by atoms with E-state index in [0.717, 1.165) is 11.4 Å². The molecule has 27 heavy (non-hydrogen) atoms. The van der Waals surface area contributed by atoms with Gasteiger partial charge in [0.2, 0.25) is 0 Å². The van der Waals surface area contributed by atoms with E-state index >= 15 is 0 Å². The van der Waals surface area contributed by atoms with Gasteiger partial charge in [-0.15, -0.1) is 11.8 Å². The third-order valence-corrected chi connectivity index (χ3v) is 7.10. The maximum Gasteiger partial charge on any atom is 0.0343 e. The van der Waals surface area contributed by atoms with Crippen molar-refractivity contribution < 1.29 is 0 Å². The van der Waals surface area contributed by atoms with E-state index < -0.39 is 0 Å². The molecule has 0 aromatic heterocycles. The molecule has 0 radical (unpaired) electrons. The van der Waals surface area contributed by atoms with E-state index in [4.69, 9.17) is 5.73 Å². The number of thioether (sulfide) groups is 1. The molecule has 2 unspecified atom stereocenters. The first kappa shape index (κ1) is 20.1. The van der Waals surface area contributed by atoms with E-state index in [0.29, 0.717) is 11.5 Å². The van der Waals surface area contributed by atoms with Gasteiger partial charge in [0.25, 0.3) is 0 Å². The zero-order valence-electron chi connectivity index (χ0n) is 16.8. The van der Waals surface area contributed by atoms with E-state index in [-0.39, 0.29) is 0 Å². The molecule has 2 atom stereocenters. The summed E-state index contributed by atoms with van der Waals surface area (Å²) in [7, 11) is 0. The molecule has 0 spiro atoms. The molecule has 1 aliphatic rings. The third kappa shape index (κ3) is 5.68. The van der Waals surface area contributed by atoms with E-state index in [1.54, 1.807) is 0 Å². The van der Waals surface area contributed by atoms with Crippen LogP contribution in [-0.2, 0) is 5.75 Å². The van der Waals surface area contributed by atoms with Crippen LogP contribution in [0.25, 0.3) is 0 Å². The van der Waals surface area contributed by atoms with Crippen LogP contribution in [0.15, 0.2) is 53.4 Å². The van der Waals surface area contributed by atoms with Crippen LogP contribution in [0.1, 0.15) is 64.4 Å². The van der Waals surface area contributed by atoms with E-state index in [1.165, 1.54) is 61.1 Å². The Bertz CT molecular complexity index is 695. The highest BCUT2D eigenvalue weighted by atomic mass is 32.2. The first-order valence-corrected chi connectivity index (χ1v) is 11.4. The molecule has 0 saturated heterocycles. The minimum absolute atomic E-state index is 0.441. The largest absolute Gasteiger partial charge is 0.399 e. The second-order valence-corrected chi connectivity index (χ2v) is 9.30. The van der Waals surface area contributed by atoms with E-state index in [2.05, 4.69) is 55.6 Å². The van der Waals surface area contributed by atoms with Crippen molar-refractivity contribution in [1.82, 2.24) is 0 Å². The van der Waals surface area contributed by atoms with Crippen LogP contribution in [0.4, 0.5) is 11.4 Å². The summed E-state index contributed by atoms with van der Waals surface area (Å²) < 4.78 is 0. The van der Waals surface area contributed by atoms with Gasteiger partial charge in [-0.2, -0.15) is 0 Å². The van der Waals surface area contributed by atoms with E-state index in [1.807, 2.05) is 23.9 Å². The topological polar surface area (TPSA) is 38.0 Å². The van der Waals surface area contributed by atoms with Gasteiger partial charge in [0, 0.05) is 28.1 Å². The fourth-order valence-corrected chi connectivity index (χ4v) is 5.01. The predicted molar refractivity (Wildman–Crippen MR) is 120 cm³/mol. The van der Waals surface area contributed by atoms with Crippen molar-refractivity contribution in [1.29, 1.82) is 0 Å². The van der Waals surface area contributed by atoms with Crippen molar-refractivity contribution in [3.63, 3.8) is 0 Å². The van der Waals surface area contributed by atoms with Gasteiger partial charge in [0.1, 0.15) is 0 Å². The number of nitrogens with two attached hydrogens (primary N) is 1. The fourth-order valence-electron chi connectivity index (χ4n) is 4.16. The number of unbranched alkanes of at least 4 members (excludes halogenated alkanes) is 1. The quantitative estimate of drug-likeness (QED) is 0.377. The maximum absolute atomic E-state index is 5.76. The SMILES string of the molecule is CCCCC1(C)CCCCC1Nc1ccc(SCc2ccc(N)cc2)cc1. The van der Waals surface area contributed by atoms with Crippen LogP contribution in [0.5, 0.6) is 0 Å². The second-order valence-electron chi connectivity index (χ2n) is 8.25. The minimum Gasteiger partial charge on any atom is -0.399 e. The third-order valence-electron chi connectivity index (χ3n) is 6.01. The van der Waals surface area contributed by atoms with Crippen molar-refractivity contribution in [2.24, 2.45) is 5.41 Å². The van der Waals surface area contributed by atoms with Gasteiger partial charge in [-0.25, -0.2) is 0 Å². The van der Waals surface area contributed by atoms with Crippen LogP contribution >= 0.6 is 11.8 Å². The molecule has 3 rings (SSSR count). The molecule has 0 amide bonds. The average molecular weight is 383 g/mol. The average Bonchev–Trinajstić information content (AvgIpc) is 2.69. The number of hydrogen-bond donors (Lipinski definition) is 2.